The lowest BCUT2D eigenvalue weighted by molar-refractivity contribution is -0.186. The van der Waals surface area contributed by atoms with Gasteiger partial charge in [0.15, 0.2) is 6.23 Å². The molecule has 1 unspecified atom stereocenters. The Hall–Kier alpha value is -2.94. The van der Waals surface area contributed by atoms with Gasteiger partial charge in [0.1, 0.15) is 5.57 Å². The summed E-state index contributed by atoms with van der Waals surface area (Å²) in [5.74, 6) is -2.76. The van der Waals surface area contributed by atoms with Crippen molar-refractivity contribution in [1.29, 1.82) is 0 Å². The van der Waals surface area contributed by atoms with Crippen molar-refractivity contribution in [1.82, 2.24) is 14.7 Å². The summed E-state index contributed by atoms with van der Waals surface area (Å²) in [6.07, 6.45) is 7.18. The number of likely N-dealkylation sites (N-methyl/N-ethyl adjacent to an activating group) is 2. The number of hydrogen-bond donors (Lipinski definition) is 0. The Bertz CT molecular complexity index is 713. The van der Waals surface area contributed by atoms with E-state index in [1.807, 2.05) is 0 Å². The van der Waals surface area contributed by atoms with Crippen molar-refractivity contribution >= 4 is 23.8 Å². The first-order valence-corrected chi connectivity index (χ1v) is 7.05. The third kappa shape index (κ3) is 1.91. The van der Waals surface area contributed by atoms with E-state index in [4.69, 9.17) is 9.47 Å². The molecule has 0 N–H and O–H groups in total. The number of barbiturate groups is 1. The van der Waals surface area contributed by atoms with Crippen LogP contribution in [0.15, 0.2) is 36.2 Å². The average Bonchev–Trinajstić information content (AvgIpc) is 2.61. The number of carbonyl (C=O) groups excluding carboxylic acids is 4. The summed E-state index contributed by atoms with van der Waals surface area (Å²) in [6.45, 7) is 0. The predicted octanol–water partition coefficient (Wildman–Crippen LogP) is -0.426. The van der Waals surface area contributed by atoms with Gasteiger partial charge in [-0.15, -0.1) is 0 Å². The number of carbonyl (C=O) groups is 4. The van der Waals surface area contributed by atoms with Crippen LogP contribution in [0, 0.1) is 0 Å². The maximum absolute atomic E-state index is 12.8. The van der Waals surface area contributed by atoms with Crippen LogP contribution >= 0.6 is 0 Å². The minimum atomic E-state index is -2.26. The lowest BCUT2D eigenvalue weighted by Gasteiger charge is -2.47. The van der Waals surface area contributed by atoms with E-state index in [1.165, 1.54) is 25.2 Å². The molecular formula is C15H15N3O6. The first-order chi connectivity index (χ1) is 11.3. The van der Waals surface area contributed by atoms with Gasteiger partial charge in [-0.05, 0) is 12.2 Å². The molecule has 0 aliphatic carbocycles. The molecule has 3 heterocycles. The zero-order chi connectivity index (χ0) is 17.6. The Balaban J connectivity index is 2.21. The minimum absolute atomic E-state index is 0.289. The molecule has 126 valence electrons. The van der Waals surface area contributed by atoms with Crippen LogP contribution in [-0.4, -0.2) is 71.5 Å². The molecule has 1 saturated heterocycles. The van der Waals surface area contributed by atoms with Crippen LogP contribution in [0.3, 0.4) is 0 Å². The number of fused-ring (bicyclic) bond motifs is 1. The Kier molecular flexibility index (Phi) is 3.52. The summed E-state index contributed by atoms with van der Waals surface area (Å²) in [5, 5.41) is 0. The van der Waals surface area contributed by atoms with Gasteiger partial charge in [-0.1, -0.05) is 6.08 Å². The number of imide groups is 2. The predicted molar refractivity (Wildman–Crippen MR) is 78.8 cm³/mol. The summed E-state index contributed by atoms with van der Waals surface area (Å²) in [7, 11) is 3.57. The summed E-state index contributed by atoms with van der Waals surface area (Å²) in [5.41, 5.74) is -2.55. The molecule has 9 nitrogen and oxygen atoms in total. The number of urea groups is 1. The van der Waals surface area contributed by atoms with Crippen molar-refractivity contribution in [2.45, 2.75) is 11.8 Å². The van der Waals surface area contributed by atoms with E-state index in [1.54, 1.807) is 24.4 Å². The molecule has 1 spiro atoms. The smallest absolute Gasteiger partial charge is 0.339 e. The van der Waals surface area contributed by atoms with Crippen molar-refractivity contribution in [3.05, 3.63) is 36.2 Å². The summed E-state index contributed by atoms with van der Waals surface area (Å²) < 4.78 is 10.5. The second kappa shape index (κ2) is 5.31. The molecule has 0 aromatic carbocycles. The highest BCUT2D eigenvalue weighted by atomic mass is 16.6. The second-order valence-electron chi connectivity index (χ2n) is 5.41. The quantitative estimate of drug-likeness (QED) is 0.475. The third-order valence-corrected chi connectivity index (χ3v) is 4.08. The van der Waals surface area contributed by atoms with Crippen molar-refractivity contribution in [2.24, 2.45) is 0 Å². The minimum Gasteiger partial charge on any atom is -0.466 e. The number of esters is 1. The normalized spacial score (nSPS) is 25.1. The molecule has 0 aromatic rings. The molecule has 3 aliphatic rings. The zero-order valence-corrected chi connectivity index (χ0v) is 13.3. The van der Waals surface area contributed by atoms with Crippen molar-refractivity contribution < 1.29 is 28.7 Å². The van der Waals surface area contributed by atoms with Crippen LogP contribution < -0.4 is 0 Å². The molecule has 24 heavy (non-hydrogen) atoms. The van der Waals surface area contributed by atoms with Crippen LogP contribution in [0.5, 0.6) is 0 Å². The Morgan fingerprint density at radius 3 is 2.38 bits per heavy atom. The summed E-state index contributed by atoms with van der Waals surface area (Å²) in [4.78, 5) is 52.8. The Morgan fingerprint density at radius 2 is 1.79 bits per heavy atom. The summed E-state index contributed by atoms with van der Waals surface area (Å²) >= 11 is 0. The Labute approximate surface area is 137 Å². The van der Waals surface area contributed by atoms with Gasteiger partial charge in [0.25, 0.3) is 17.4 Å². The number of allylic oxidation sites excluding steroid dienone is 2. The monoisotopic (exact) mass is 333 g/mol. The zero-order valence-electron chi connectivity index (χ0n) is 13.3. The van der Waals surface area contributed by atoms with Crippen LogP contribution in [0.2, 0.25) is 0 Å². The van der Waals surface area contributed by atoms with E-state index < -0.39 is 35.6 Å². The Morgan fingerprint density at radius 1 is 1.17 bits per heavy atom. The second-order valence-corrected chi connectivity index (χ2v) is 5.41. The number of rotatable bonds is 1. The van der Waals surface area contributed by atoms with E-state index in [2.05, 4.69) is 0 Å². The highest BCUT2D eigenvalue weighted by Gasteiger charge is 2.64. The SMILES string of the molecule is COC(=O)C1=CN2C=CC=CC2OC12C(=O)N(C)C(=O)N(C)C2=O. The molecule has 3 rings (SSSR count). The van der Waals surface area contributed by atoms with Gasteiger partial charge < -0.3 is 14.4 Å². The van der Waals surface area contributed by atoms with Crippen LogP contribution in [0.4, 0.5) is 4.79 Å². The third-order valence-electron chi connectivity index (χ3n) is 4.08. The van der Waals surface area contributed by atoms with Gasteiger partial charge in [-0.3, -0.25) is 19.4 Å². The molecule has 0 aromatic heterocycles. The van der Waals surface area contributed by atoms with Gasteiger partial charge in [0, 0.05) is 26.5 Å². The molecule has 0 bridgehead atoms. The molecule has 0 saturated carbocycles. The van der Waals surface area contributed by atoms with Gasteiger partial charge >= 0.3 is 12.0 Å². The molecule has 0 radical (unpaired) electrons. The molecule has 4 amide bonds. The van der Waals surface area contributed by atoms with Crippen LogP contribution in [0.25, 0.3) is 0 Å². The number of hydrogen-bond acceptors (Lipinski definition) is 7. The van der Waals surface area contributed by atoms with Gasteiger partial charge in [-0.2, -0.15) is 0 Å². The maximum atomic E-state index is 12.8. The van der Waals surface area contributed by atoms with Crippen molar-refractivity contribution in [3.8, 4) is 0 Å². The standard InChI is InChI=1S/C15H15N3O6/c1-16-12(20)15(13(21)17(2)14(16)22)9(11(19)23-3)8-18-7-5-4-6-10(18)24-15/h4-8,10H,1-3H3. The highest BCUT2D eigenvalue weighted by molar-refractivity contribution is 6.26. The van der Waals surface area contributed by atoms with E-state index in [0.29, 0.717) is 0 Å². The first kappa shape index (κ1) is 15.9. The van der Waals surface area contributed by atoms with Crippen LogP contribution in [-0.2, 0) is 23.9 Å². The topological polar surface area (TPSA) is 96.5 Å². The van der Waals surface area contributed by atoms with E-state index in [0.717, 1.165) is 16.9 Å². The molecule has 1 atom stereocenters. The fourth-order valence-corrected chi connectivity index (χ4v) is 2.79. The van der Waals surface area contributed by atoms with E-state index in [-0.39, 0.29) is 5.57 Å². The van der Waals surface area contributed by atoms with Crippen LogP contribution in [0.1, 0.15) is 0 Å². The highest BCUT2D eigenvalue weighted by Crippen LogP contribution is 2.38. The number of nitrogens with zero attached hydrogens (tertiary/aromatic N) is 3. The fraction of sp³-hybridized carbons (Fsp3) is 0.333. The lowest BCUT2D eigenvalue weighted by Crippen LogP contribution is -2.71. The van der Waals surface area contributed by atoms with Gasteiger partial charge in [0.05, 0.1) is 7.11 Å². The fourth-order valence-electron chi connectivity index (χ4n) is 2.79. The number of amides is 4. The molecule has 9 heteroatoms. The summed E-state index contributed by atoms with van der Waals surface area (Å²) in [6, 6.07) is -0.801. The maximum Gasteiger partial charge on any atom is 0.339 e. The lowest BCUT2D eigenvalue weighted by atomic mass is 9.87. The van der Waals surface area contributed by atoms with E-state index in [9.17, 15) is 19.2 Å². The first-order valence-electron chi connectivity index (χ1n) is 7.05. The number of methoxy groups -OCH3 is 1. The van der Waals surface area contributed by atoms with Gasteiger partial charge in [-0.25, -0.2) is 9.59 Å². The largest absolute Gasteiger partial charge is 0.466 e. The van der Waals surface area contributed by atoms with Crippen molar-refractivity contribution in [3.63, 3.8) is 0 Å². The van der Waals surface area contributed by atoms with Crippen molar-refractivity contribution in [2.75, 3.05) is 21.2 Å². The van der Waals surface area contributed by atoms with E-state index >= 15 is 0 Å². The molecular weight excluding hydrogens is 318 g/mol. The molecule has 1 fully saturated rings. The number of ether oxygens (including phenoxy) is 2. The average molecular weight is 333 g/mol. The van der Waals surface area contributed by atoms with Gasteiger partial charge in [0.2, 0.25) is 0 Å². The molecule has 3 aliphatic heterocycles.